The van der Waals surface area contributed by atoms with Crippen molar-refractivity contribution in [1.29, 1.82) is 0 Å². The lowest BCUT2D eigenvalue weighted by Gasteiger charge is -2.29. The molecule has 0 unspecified atom stereocenters. The average Bonchev–Trinajstić information content (AvgIpc) is 2.66. The van der Waals surface area contributed by atoms with E-state index in [-0.39, 0.29) is 10.7 Å². The number of hydrogen-bond acceptors (Lipinski definition) is 5. The first-order valence-corrected chi connectivity index (χ1v) is 8.14. The molecule has 0 bridgehead atoms. The van der Waals surface area contributed by atoms with E-state index < -0.39 is 11.8 Å². The van der Waals surface area contributed by atoms with Crippen LogP contribution in [-0.4, -0.2) is 31.1 Å². The topological polar surface area (TPSA) is 67.9 Å². The molecular formula is C19H16N2O4S. The molecule has 0 aliphatic carbocycles. The van der Waals surface area contributed by atoms with Crippen LogP contribution in [0.25, 0.3) is 6.08 Å². The first-order chi connectivity index (χ1) is 12.5. The van der Waals surface area contributed by atoms with Gasteiger partial charge in [0.1, 0.15) is 17.1 Å². The summed E-state index contributed by atoms with van der Waals surface area (Å²) in [6.45, 7) is 0. The summed E-state index contributed by atoms with van der Waals surface area (Å²) in [7, 11) is 3.08. The third kappa shape index (κ3) is 3.29. The fourth-order valence-electron chi connectivity index (χ4n) is 2.56. The number of carbonyl (C=O) groups excluding carboxylic acids is 2. The van der Waals surface area contributed by atoms with Crippen molar-refractivity contribution in [2.24, 2.45) is 0 Å². The van der Waals surface area contributed by atoms with E-state index in [9.17, 15) is 9.59 Å². The molecule has 1 heterocycles. The highest BCUT2D eigenvalue weighted by molar-refractivity contribution is 7.80. The van der Waals surface area contributed by atoms with Crippen LogP contribution in [0.5, 0.6) is 11.5 Å². The fourth-order valence-corrected chi connectivity index (χ4v) is 2.85. The van der Waals surface area contributed by atoms with Gasteiger partial charge in [-0.15, -0.1) is 0 Å². The molecule has 26 heavy (non-hydrogen) atoms. The molecule has 0 spiro atoms. The van der Waals surface area contributed by atoms with Gasteiger partial charge in [0.05, 0.1) is 19.9 Å². The number of nitrogens with one attached hydrogen (secondary N) is 1. The van der Waals surface area contributed by atoms with Crippen LogP contribution in [0.1, 0.15) is 5.56 Å². The minimum Gasteiger partial charge on any atom is -0.497 e. The number of hydrogen-bond donors (Lipinski definition) is 1. The molecule has 7 heteroatoms. The van der Waals surface area contributed by atoms with Gasteiger partial charge in [-0.3, -0.25) is 19.8 Å². The number of thiocarbonyl (C=S) groups is 1. The van der Waals surface area contributed by atoms with Crippen molar-refractivity contribution in [3.05, 3.63) is 59.7 Å². The predicted octanol–water partition coefficient (Wildman–Crippen LogP) is 2.54. The second kappa shape index (κ2) is 7.37. The van der Waals surface area contributed by atoms with Crippen LogP contribution in [0.4, 0.5) is 5.69 Å². The molecule has 132 valence electrons. The van der Waals surface area contributed by atoms with Crippen LogP contribution in [0.3, 0.4) is 0 Å². The van der Waals surface area contributed by atoms with Gasteiger partial charge in [0, 0.05) is 5.56 Å². The lowest BCUT2D eigenvalue weighted by molar-refractivity contribution is -0.122. The molecular weight excluding hydrogens is 352 g/mol. The maximum absolute atomic E-state index is 12.9. The summed E-state index contributed by atoms with van der Waals surface area (Å²) >= 11 is 5.18. The molecule has 0 saturated carbocycles. The Kier molecular flexibility index (Phi) is 4.99. The zero-order valence-corrected chi connectivity index (χ0v) is 15.0. The van der Waals surface area contributed by atoms with Crippen LogP contribution >= 0.6 is 12.2 Å². The van der Waals surface area contributed by atoms with Crippen LogP contribution < -0.4 is 19.7 Å². The highest BCUT2D eigenvalue weighted by Crippen LogP contribution is 2.26. The average molecular weight is 368 g/mol. The number of benzene rings is 2. The molecule has 1 aliphatic heterocycles. The van der Waals surface area contributed by atoms with Crippen molar-refractivity contribution in [3.63, 3.8) is 0 Å². The molecule has 1 saturated heterocycles. The van der Waals surface area contributed by atoms with E-state index in [1.165, 1.54) is 18.1 Å². The second-order valence-corrected chi connectivity index (χ2v) is 5.78. The second-order valence-electron chi connectivity index (χ2n) is 5.40. The Hall–Kier alpha value is -3.19. The summed E-state index contributed by atoms with van der Waals surface area (Å²) in [5, 5.41) is 2.58. The first-order valence-electron chi connectivity index (χ1n) is 7.73. The van der Waals surface area contributed by atoms with E-state index in [2.05, 4.69) is 5.32 Å². The maximum atomic E-state index is 12.9. The Morgan fingerprint density at radius 1 is 1.00 bits per heavy atom. The van der Waals surface area contributed by atoms with E-state index in [0.717, 1.165) is 0 Å². The van der Waals surface area contributed by atoms with Gasteiger partial charge < -0.3 is 9.47 Å². The standard InChI is InChI=1S/C19H16N2O4S/c1-24-14-9-7-13(8-10-14)21-18(23)15(17(22)20-19(21)26)11-12-5-3-4-6-16(12)25-2/h3-11H,1-2H3,(H,20,22,26)/b15-11+. The van der Waals surface area contributed by atoms with E-state index in [4.69, 9.17) is 21.7 Å². The van der Waals surface area contributed by atoms with Crippen molar-refractivity contribution in [3.8, 4) is 11.5 Å². The zero-order valence-electron chi connectivity index (χ0n) is 14.2. The molecule has 1 fully saturated rings. The van der Waals surface area contributed by atoms with Gasteiger partial charge in [-0.2, -0.15) is 0 Å². The Labute approximate surface area is 156 Å². The van der Waals surface area contributed by atoms with Crippen LogP contribution in [0.15, 0.2) is 54.1 Å². The lowest BCUT2D eigenvalue weighted by Crippen LogP contribution is -2.54. The maximum Gasteiger partial charge on any atom is 0.270 e. The monoisotopic (exact) mass is 368 g/mol. The number of amides is 2. The van der Waals surface area contributed by atoms with E-state index in [0.29, 0.717) is 22.7 Å². The molecule has 2 amide bonds. The van der Waals surface area contributed by atoms with E-state index in [1.807, 2.05) is 6.07 Å². The summed E-state index contributed by atoms with van der Waals surface area (Å²) in [6.07, 6.45) is 1.49. The van der Waals surface area contributed by atoms with Gasteiger partial charge in [-0.1, -0.05) is 18.2 Å². The third-order valence-corrected chi connectivity index (χ3v) is 4.16. The van der Waals surface area contributed by atoms with E-state index in [1.54, 1.807) is 49.6 Å². The summed E-state index contributed by atoms with van der Waals surface area (Å²) in [5.41, 5.74) is 1.13. The molecule has 0 radical (unpaired) electrons. The number of rotatable bonds is 4. The van der Waals surface area contributed by atoms with Gasteiger partial charge in [0.2, 0.25) is 0 Å². The molecule has 2 aromatic carbocycles. The fraction of sp³-hybridized carbons (Fsp3) is 0.105. The summed E-state index contributed by atoms with van der Waals surface area (Å²) in [5.74, 6) is 0.160. The zero-order chi connectivity index (χ0) is 18.7. The number of methoxy groups -OCH3 is 2. The predicted molar refractivity (Wildman–Crippen MR) is 102 cm³/mol. The molecule has 1 aliphatic rings. The Balaban J connectivity index is 2.01. The Bertz CT molecular complexity index is 906. The van der Waals surface area contributed by atoms with Crippen molar-refractivity contribution in [2.45, 2.75) is 0 Å². The number of para-hydroxylation sites is 1. The van der Waals surface area contributed by atoms with Crippen molar-refractivity contribution in [1.82, 2.24) is 5.32 Å². The largest absolute Gasteiger partial charge is 0.497 e. The highest BCUT2D eigenvalue weighted by Gasteiger charge is 2.34. The van der Waals surface area contributed by atoms with Gasteiger partial charge in [0.25, 0.3) is 11.8 Å². The van der Waals surface area contributed by atoms with Gasteiger partial charge in [-0.25, -0.2) is 0 Å². The summed E-state index contributed by atoms with van der Waals surface area (Å²) < 4.78 is 10.4. The van der Waals surface area contributed by atoms with Crippen LogP contribution in [0.2, 0.25) is 0 Å². The van der Waals surface area contributed by atoms with Gasteiger partial charge in [-0.05, 0) is 48.6 Å². The van der Waals surface area contributed by atoms with Gasteiger partial charge >= 0.3 is 0 Å². The quantitative estimate of drug-likeness (QED) is 0.510. The minimum absolute atomic E-state index is 0.0288. The molecule has 0 aromatic heterocycles. The first kappa shape index (κ1) is 17.6. The molecule has 3 rings (SSSR count). The number of carbonyl (C=O) groups is 2. The van der Waals surface area contributed by atoms with Crippen LogP contribution in [0, 0.1) is 0 Å². The Morgan fingerprint density at radius 2 is 1.69 bits per heavy atom. The molecule has 0 atom stereocenters. The van der Waals surface area contributed by atoms with Crippen LogP contribution in [-0.2, 0) is 9.59 Å². The van der Waals surface area contributed by atoms with E-state index >= 15 is 0 Å². The SMILES string of the molecule is COc1ccc(N2C(=O)/C(=C/c3ccccc3OC)C(=O)NC2=S)cc1. The van der Waals surface area contributed by atoms with Crippen molar-refractivity contribution >= 4 is 40.9 Å². The molecule has 1 N–H and O–H groups in total. The third-order valence-electron chi connectivity index (χ3n) is 3.87. The number of ether oxygens (including phenoxy) is 2. The smallest absolute Gasteiger partial charge is 0.270 e. The minimum atomic E-state index is -0.546. The lowest BCUT2D eigenvalue weighted by atomic mass is 10.1. The molecule has 2 aromatic rings. The highest BCUT2D eigenvalue weighted by atomic mass is 32.1. The number of anilines is 1. The summed E-state index contributed by atoms with van der Waals surface area (Å²) in [6, 6.07) is 13.9. The van der Waals surface area contributed by atoms with Crippen molar-refractivity contribution < 1.29 is 19.1 Å². The number of nitrogens with zero attached hydrogens (tertiary/aromatic N) is 1. The Morgan fingerprint density at radius 3 is 2.35 bits per heavy atom. The van der Waals surface area contributed by atoms with Gasteiger partial charge in [0.15, 0.2) is 5.11 Å². The normalized spacial score (nSPS) is 15.8. The summed E-state index contributed by atoms with van der Waals surface area (Å²) in [4.78, 5) is 26.5. The van der Waals surface area contributed by atoms with Crippen molar-refractivity contribution in [2.75, 3.05) is 19.1 Å². The molecule has 6 nitrogen and oxygen atoms in total.